The minimum atomic E-state index is 0.661. The molecular weight excluding hydrogens is 316 g/mol. The number of nitrogens with zero attached hydrogens (tertiary/aromatic N) is 1. The summed E-state index contributed by atoms with van der Waals surface area (Å²) < 4.78 is 0. The van der Waals surface area contributed by atoms with Crippen molar-refractivity contribution in [3.63, 3.8) is 0 Å². The predicted octanol–water partition coefficient (Wildman–Crippen LogP) is 6.30. The molecule has 0 spiro atoms. The average molecular weight is 331 g/mol. The minimum absolute atomic E-state index is 0.661. The lowest BCUT2D eigenvalue weighted by Gasteiger charge is -2.09. The van der Waals surface area contributed by atoms with Crippen LogP contribution in [0.3, 0.4) is 0 Å². The van der Waals surface area contributed by atoms with Gasteiger partial charge in [-0.1, -0.05) is 66.2 Å². The minimum Gasteiger partial charge on any atom is -0.340 e. The van der Waals surface area contributed by atoms with E-state index in [0.29, 0.717) is 5.02 Å². The van der Waals surface area contributed by atoms with E-state index >= 15 is 0 Å². The lowest BCUT2D eigenvalue weighted by atomic mass is 10.1. The van der Waals surface area contributed by atoms with Crippen molar-refractivity contribution in [2.45, 2.75) is 0 Å². The number of pyridine rings is 1. The van der Waals surface area contributed by atoms with Crippen LogP contribution in [0.1, 0.15) is 0 Å². The molecule has 0 radical (unpaired) electrons. The zero-order valence-corrected chi connectivity index (χ0v) is 13.7. The van der Waals surface area contributed by atoms with Crippen LogP contribution in [-0.4, -0.2) is 4.98 Å². The highest BCUT2D eigenvalue weighted by Gasteiger charge is 2.04. The maximum atomic E-state index is 6.25. The summed E-state index contributed by atoms with van der Waals surface area (Å²) >= 11 is 6.25. The van der Waals surface area contributed by atoms with E-state index in [-0.39, 0.29) is 0 Å². The first kappa shape index (κ1) is 14.7. The zero-order valence-electron chi connectivity index (χ0n) is 12.9. The van der Waals surface area contributed by atoms with Crippen LogP contribution in [0.25, 0.3) is 22.0 Å². The number of nitrogens with one attached hydrogen (secondary N) is 1. The second kappa shape index (κ2) is 6.34. The van der Waals surface area contributed by atoms with Gasteiger partial charge in [0.15, 0.2) is 0 Å². The van der Waals surface area contributed by atoms with Crippen molar-refractivity contribution in [3.05, 3.63) is 90.0 Å². The number of para-hydroxylation sites is 1. The fourth-order valence-corrected chi connectivity index (χ4v) is 2.96. The van der Waals surface area contributed by atoms with Gasteiger partial charge in [-0.2, -0.15) is 0 Å². The Morgan fingerprint density at radius 3 is 2.38 bits per heavy atom. The van der Waals surface area contributed by atoms with Gasteiger partial charge in [0.2, 0.25) is 0 Å². The summed E-state index contributed by atoms with van der Waals surface area (Å²) in [6, 6.07) is 28.4. The van der Waals surface area contributed by atoms with E-state index in [2.05, 4.69) is 34.6 Å². The zero-order chi connectivity index (χ0) is 16.4. The summed E-state index contributed by atoms with van der Waals surface area (Å²) in [5.41, 5.74) is 4.16. The molecule has 4 rings (SSSR count). The Hall–Kier alpha value is -2.84. The van der Waals surface area contributed by atoms with Crippen molar-refractivity contribution >= 4 is 34.0 Å². The molecule has 1 heterocycles. The molecule has 0 aliphatic heterocycles. The fraction of sp³-hybridized carbons (Fsp3) is 0. The molecule has 24 heavy (non-hydrogen) atoms. The largest absolute Gasteiger partial charge is 0.340 e. The summed E-state index contributed by atoms with van der Waals surface area (Å²) in [7, 11) is 0. The third kappa shape index (κ3) is 2.97. The van der Waals surface area contributed by atoms with Crippen LogP contribution >= 0.6 is 11.6 Å². The molecule has 0 aliphatic rings. The Morgan fingerprint density at radius 1 is 0.708 bits per heavy atom. The van der Waals surface area contributed by atoms with E-state index in [1.807, 2.05) is 60.7 Å². The first-order valence-corrected chi connectivity index (χ1v) is 8.15. The molecule has 1 N–H and O–H groups in total. The van der Waals surface area contributed by atoms with Crippen molar-refractivity contribution in [2.24, 2.45) is 0 Å². The van der Waals surface area contributed by atoms with E-state index in [9.17, 15) is 0 Å². The monoisotopic (exact) mass is 330 g/mol. The highest BCUT2D eigenvalue weighted by atomic mass is 35.5. The topological polar surface area (TPSA) is 24.9 Å². The van der Waals surface area contributed by atoms with Crippen LogP contribution in [0.5, 0.6) is 0 Å². The standard InChI is InChI=1S/C21H15ClN2/c22-19-11-5-8-16-12-13-20(24-21(16)19)23-18-10-4-9-17(14-18)15-6-2-1-3-7-15/h1-14H,(H,23,24). The SMILES string of the molecule is Clc1cccc2ccc(Nc3cccc(-c4ccccc4)c3)nc12. The molecule has 0 bridgehead atoms. The highest BCUT2D eigenvalue weighted by Crippen LogP contribution is 2.26. The van der Waals surface area contributed by atoms with Crippen LogP contribution in [0, 0.1) is 0 Å². The molecule has 3 heteroatoms. The fourth-order valence-electron chi connectivity index (χ4n) is 2.74. The summed E-state index contributed by atoms with van der Waals surface area (Å²) in [5, 5.41) is 5.06. The molecule has 3 aromatic carbocycles. The van der Waals surface area contributed by atoms with Gasteiger partial charge in [-0.15, -0.1) is 0 Å². The number of aromatic nitrogens is 1. The van der Waals surface area contributed by atoms with Gasteiger partial charge in [0.25, 0.3) is 0 Å². The van der Waals surface area contributed by atoms with Crippen molar-refractivity contribution in [1.82, 2.24) is 4.98 Å². The Morgan fingerprint density at radius 2 is 1.50 bits per heavy atom. The van der Waals surface area contributed by atoms with E-state index in [0.717, 1.165) is 22.4 Å². The van der Waals surface area contributed by atoms with E-state index < -0.39 is 0 Å². The van der Waals surface area contributed by atoms with Crippen LogP contribution in [0.4, 0.5) is 11.5 Å². The third-order valence-corrected chi connectivity index (χ3v) is 4.22. The molecule has 4 aromatic rings. The van der Waals surface area contributed by atoms with E-state index in [1.165, 1.54) is 11.1 Å². The third-order valence-electron chi connectivity index (χ3n) is 3.91. The molecular formula is C21H15ClN2. The second-order valence-electron chi connectivity index (χ2n) is 5.58. The Labute approximate surface area is 145 Å². The Kier molecular flexibility index (Phi) is 3.89. The molecule has 116 valence electrons. The van der Waals surface area contributed by atoms with Gasteiger partial charge in [-0.3, -0.25) is 0 Å². The smallest absolute Gasteiger partial charge is 0.131 e. The van der Waals surface area contributed by atoms with Gasteiger partial charge in [0.05, 0.1) is 10.5 Å². The average Bonchev–Trinajstić information content (AvgIpc) is 2.63. The van der Waals surface area contributed by atoms with Crippen molar-refractivity contribution in [3.8, 4) is 11.1 Å². The number of rotatable bonds is 3. The predicted molar refractivity (Wildman–Crippen MR) is 102 cm³/mol. The Balaban J connectivity index is 1.67. The molecule has 0 saturated heterocycles. The first-order valence-electron chi connectivity index (χ1n) is 7.77. The molecule has 0 saturated carbocycles. The maximum Gasteiger partial charge on any atom is 0.131 e. The van der Waals surface area contributed by atoms with Crippen LogP contribution < -0.4 is 5.32 Å². The van der Waals surface area contributed by atoms with Gasteiger partial charge in [-0.25, -0.2) is 4.98 Å². The lowest BCUT2D eigenvalue weighted by molar-refractivity contribution is 1.37. The number of fused-ring (bicyclic) bond motifs is 1. The number of hydrogen-bond acceptors (Lipinski definition) is 2. The lowest BCUT2D eigenvalue weighted by Crippen LogP contribution is -1.94. The quantitative estimate of drug-likeness (QED) is 0.477. The van der Waals surface area contributed by atoms with Crippen molar-refractivity contribution in [1.29, 1.82) is 0 Å². The molecule has 0 fully saturated rings. The van der Waals surface area contributed by atoms with Crippen LogP contribution in [0.15, 0.2) is 84.9 Å². The van der Waals surface area contributed by atoms with Crippen LogP contribution in [0.2, 0.25) is 5.02 Å². The Bertz CT molecular complexity index is 997. The first-order chi connectivity index (χ1) is 11.8. The van der Waals surface area contributed by atoms with Gasteiger partial charge in [-0.05, 0) is 41.5 Å². The summed E-state index contributed by atoms with van der Waals surface area (Å²) in [5.74, 6) is 0.779. The highest BCUT2D eigenvalue weighted by molar-refractivity contribution is 6.35. The van der Waals surface area contributed by atoms with Crippen molar-refractivity contribution in [2.75, 3.05) is 5.32 Å². The summed E-state index contributed by atoms with van der Waals surface area (Å²) in [4.78, 5) is 4.63. The summed E-state index contributed by atoms with van der Waals surface area (Å²) in [6.07, 6.45) is 0. The molecule has 2 nitrogen and oxygen atoms in total. The van der Waals surface area contributed by atoms with Gasteiger partial charge < -0.3 is 5.32 Å². The van der Waals surface area contributed by atoms with E-state index in [1.54, 1.807) is 0 Å². The maximum absolute atomic E-state index is 6.25. The normalized spacial score (nSPS) is 10.7. The van der Waals surface area contributed by atoms with Gasteiger partial charge in [0.1, 0.15) is 5.82 Å². The molecule has 1 aromatic heterocycles. The number of benzene rings is 3. The van der Waals surface area contributed by atoms with Gasteiger partial charge in [0, 0.05) is 11.1 Å². The van der Waals surface area contributed by atoms with Gasteiger partial charge >= 0.3 is 0 Å². The number of halogens is 1. The second-order valence-corrected chi connectivity index (χ2v) is 5.99. The molecule has 0 aliphatic carbocycles. The summed E-state index contributed by atoms with van der Waals surface area (Å²) in [6.45, 7) is 0. The number of anilines is 2. The molecule has 0 unspecified atom stereocenters. The van der Waals surface area contributed by atoms with E-state index in [4.69, 9.17) is 11.6 Å². The van der Waals surface area contributed by atoms with Crippen molar-refractivity contribution < 1.29 is 0 Å². The molecule has 0 amide bonds. The number of hydrogen-bond donors (Lipinski definition) is 1. The van der Waals surface area contributed by atoms with Crippen LogP contribution in [-0.2, 0) is 0 Å². The molecule has 0 atom stereocenters.